The first-order valence-electron chi connectivity index (χ1n) is 3.00. The Morgan fingerprint density at radius 2 is 1.73 bits per heavy atom. The molecule has 1 aromatic carbocycles. The molecule has 0 aliphatic rings. The second-order valence-electron chi connectivity index (χ2n) is 2.10. The van der Waals surface area contributed by atoms with Crippen LogP contribution in [-0.4, -0.2) is 10.9 Å². The van der Waals surface area contributed by atoms with E-state index in [1.54, 1.807) is 12.1 Å². The number of carbonyl (C=O) groups excluding carboxylic acids is 1. The van der Waals surface area contributed by atoms with Gasteiger partial charge >= 0.3 is 0 Å². The van der Waals surface area contributed by atoms with Crippen LogP contribution in [0.2, 0.25) is 0 Å². The van der Waals surface area contributed by atoms with Gasteiger partial charge in [-0.15, -0.1) is 0 Å². The maximum Gasteiger partial charge on any atom is 0.159 e. The number of hydrogen-bond donors (Lipinski definition) is 1. The zero-order valence-corrected chi connectivity index (χ0v) is 7.79. The van der Waals surface area contributed by atoms with E-state index in [0.717, 1.165) is 0 Å². The summed E-state index contributed by atoms with van der Waals surface area (Å²) in [5.74, 6) is 0.199. The molecule has 2 nitrogen and oxygen atoms in total. The van der Waals surface area contributed by atoms with Gasteiger partial charge in [-0.2, -0.15) is 9.90 Å². The molecule has 0 heterocycles. The van der Waals surface area contributed by atoms with Gasteiger partial charge in [-0.05, 0) is 31.2 Å². The Balaban J connectivity index is 0.000001000. The number of benzene rings is 1. The molecule has 0 fully saturated rings. The van der Waals surface area contributed by atoms with Crippen LogP contribution in [0.1, 0.15) is 17.3 Å². The van der Waals surface area contributed by atoms with Crippen molar-refractivity contribution in [1.82, 2.24) is 0 Å². The number of aromatic hydroxyl groups is 1. The zero-order chi connectivity index (χ0) is 7.56. The van der Waals surface area contributed by atoms with Crippen molar-refractivity contribution in [3.8, 4) is 5.75 Å². The molecule has 0 saturated carbocycles. The highest BCUT2D eigenvalue weighted by Gasteiger charge is 1.96. The third-order valence-corrected chi connectivity index (χ3v) is 1.27. The summed E-state index contributed by atoms with van der Waals surface area (Å²) in [4.78, 5) is 10.7. The van der Waals surface area contributed by atoms with Crippen molar-refractivity contribution < 1.29 is 9.90 Å². The molecule has 1 rings (SSSR count). The first-order chi connectivity index (χ1) is 4.70. The maximum atomic E-state index is 10.7. The Bertz CT molecular complexity index is 241. The summed E-state index contributed by atoms with van der Waals surface area (Å²) >= 11 is 0. The number of phenols is 1. The highest BCUT2D eigenvalue weighted by molar-refractivity contribution is 6.92. The molecule has 60 valence electrons. The second kappa shape index (κ2) is 4.09. The van der Waals surface area contributed by atoms with E-state index in [0.29, 0.717) is 5.56 Å². The van der Waals surface area contributed by atoms with Crippen molar-refractivity contribution in [2.75, 3.05) is 0 Å². The smallest absolute Gasteiger partial charge is 0.159 e. The van der Waals surface area contributed by atoms with Gasteiger partial charge in [-0.1, -0.05) is 0 Å². The van der Waals surface area contributed by atoms with Crippen LogP contribution >= 0.6 is 9.90 Å². The fourth-order valence-corrected chi connectivity index (χ4v) is 0.696. The van der Waals surface area contributed by atoms with Gasteiger partial charge in [0.05, 0.1) is 0 Å². The molecule has 1 unspecified atom stereocenters. The predicted molar refractivity (Wildman–Crippen MR) is 49.2 cm³/mol. The van der Waals surface area contributed by atoms with E-state index in [9.17, 15) is 4.79 Å². The van der Waals surface area contributed by atoms with E-state index in [-0.39, 0.29) is 21.4 Å². The number of phenolic OH excluding ortho intramolecular Hbond substituents is 1. The van der Waals surface area contributed by atoms with E-state index in [4.69, 9.17) is 5.11 Å². The van der Waals surface area contributed by atoms with E-state index in [1.807, 2.05) is 0 Å². The standard InChI is InChI=1S/C8H8O2.H3P/c1-6(9)7-2-4-8(10)5-3-7;/h2-5,10H,1H3;1H3. The highest BCUT2D eigenvalue weighted by Crippen LogP contribution is 2.09. The normalized spacial score (nSPS) is 8.45. The van der Waals surface area contributed by atoms with Gasteiger partial charge in [0, 0.05) is 5.56 Å². The van der Waals surface area contributed by atoms with Gasteiger partial charge in [0.15, 0.2) is 5.78 Å². The van der Waals surface area contributed by atoms with Gasteiger partial charge < -0.3 is 5.11 Å². The Morgan fingerprint density at radius 3 is 2.09 bits per heavy atom. The van der Waals surface area contributed by atoms with Crippen molar-refractivity contribution in [2.45, 2.75) is 6.92 Å². The first kappa shape index (κ1) is 10.1. The number of hydrogen-bond acceptors (Lipinski definition) is 2. The number of Topliss-reactive ketones (excluding diaryl/α,β-unsaturated/α-hetero) is 1. The molecule has 0 spiro atoms. The highest BCUT2D eigenvalue weighted by atomic mass is 31.0. The summed E-state index contributed by atoms with van der Waals surface area (Å²) in [7, 11) is 0. The Labute approximate surface area is 68.9 Å². The molecule has 0 amide bonds. The Morgan fingerprint density at radius 1 is 1.27 bits per heavy atom. The molecule has 11 heavy (non-hydrogen) atoms. The quantitative estimate of drug-likeness (QED) is 0.514. The number of ketones is 1. The zero-order valence-electron chi connectivity index (χ0n) is 6.37. The molecule has 0 bridgehead atoms. The minimum atomic E-state index is 0. The lowest BCUT2D eigenvalue weighted by molar-refractivity contribution is 0.101. The molecule has 1 aromatic rings. The Kier molecular flexibility index (Phi) is 3.77. The maximum absolute atomic E-state index is 10.7. The lowest BCUT2D eigenvalue weighted by atomic mass is 10.1. The second-order valence-corrected chi connectivity index (χ2v) is 2.10. The van der Waals surface area contributed by atoms with Crippen LogP contribution in [0.25, 0.3) is 0 Å². The lowest BCUT2D eigenvalue weighted by Gasteiger charge is -1.93. The minimum absolute atomic E-state index is 0. The van der Waals surface area contributed by atoms with Crippen LogP contribution < -0.4 is 0 Å². The van der Waals surface area contributed by atoms with Crippen LogP contribution in [-0.2, 0) is 0 Å². The minimum Gasteiger partial charge on any atom is -0.508 e. The van der Waals surface area contributed by atoms with Gasteiger partial charge in [0.2, 0.25) is 0 Å². The van der Waals surface area contributed by atoms with E-state index in [2.05, 4.69) is 0 Å². The van der Waals surface area contributed by atoms with Crippen molar-refractivity contribution in [3.63, 3.8) is 0 Å². The van der Waals surface area contributed by atoms with Crippen LogP contribution in [0.15, 0.2) is 24.3 Å². The van der Waals surface area contributed by atoms with Crippen LogP contribution in [0.4, 0.5) is 0 Å². The molecular formula is C8H11O2P. The third kappa shape index (κ3) is 2.69. The molecule has 1 atom stereocenters. The van der Waals surface area contributed by atoms with Crippen molar-refractivity contribution >= 4 is 15.7 Å². The molecule has 0 saturated heterocycles. The van der Waals surface area contributed by atoms with Crippen molar-refractivity contribution in [3.05, 3.63) is 29.8 Å². The van der Waals surface area contributed by atoms with Crippen molar-refractivity contribution in [2.24, 2.45) is 0 Å². The number of carbonyl (C=O) groups is 1. The van der Waals surface area contributed by atoms with E-state index >= 15 is 0 Å². The molecule has 0 radical (unpaired) electrons. The lowest BCUT2D eigenvalue weighted by Crippen LogP contribution is -1.89. The molecule has 0 aromatic heterocycles. The van der Waals surface area contributed by atoms with Gasteiger partial charge in [0.1, 0.15) is 5.75 Å². The van der Waals surface area contributed by atoms with Crippen LogP contribution in [0.5, 0.6) is 5.75 Å². The summed E-state index contributed by atoms with van der Waals surface area (Å²) in [5.41, 5.74) is 0.623. The monoisotopic (exact) mass is 170 g/mol. The molecule has 0 aliphatic heterocycles. The largest absolute Gasteiger partial charge is 0.508 e. The van der Waals surface area contributed by atoms with Crippen LogP contribution in [0.3, 0.4) is 0 Å². The first-order valence-corrected chi connectivity index (χ1v) is 3.00. The molecule has 3 heteroatoms. The average Bonchev–Trinajstić information content (AvgIpc) is 1.88. The Hall–Kier alpha value is -0.880. The van der Waals surface area contributed by atoms with E-state index in [1.165, 1.54) is 19.1 Å². The summed E-state index contributed by atoms with van der Waals surface area (Å²) in [6.07, 6.45) is 0. The summed E-state index contributed by atoms with van der Waals surface area (Å²) in [6, 6.07) is 6.18. The molecule has 0 aliphatic carbocycles. The van der Waals surface area contributed by atoms with Crippen LogP contribution in [0, 0.1) is 0 Å². The summed E-state index contributed by atoms with van der Waals surface area (Å²) in [6.45, 7) is 1.49. The van der Waals surface area contributed by atoms with Gasteiger partial charge in [-0.3, -0.25) is 4.79 Å². The van der Waals surface area contributed by atoms with E-state index < -0.39 is 0 Å². The summed E-state index contributed by atoms with van der Waals surface area (Å²) < 4.78 is 0. The fourth-order valence-electron chi connectivity index (χ4n) is 0.696. The fraction of sp³-hybridized carbons (Fsp3) is 0.125. The topological polar surface area (TPSA) is 37.3 Å². The van der Waals surface area contributed by atoms with Gasteiger partial charge in [-0.25, -0.2) is 0 Å². The van der Waals surface area contributed by atoms with Gasteiger partial charge in [0.25, 0.3) is 0 Å². The summed E-state index contributed by atoms with van der Waals surface area (Å²) in [5, 5.41) is 8.83. The SMILES string of the molecule is CC(=O)c1ccc(O)cc1.P. The third-order valence-electron chi connectivity index (χ3n) is 1.27. The number of rotatable bonds is 1. The molecular weight excluding hydrogens is 159 g/mol. The predicted octanol–water partition coefficient (Wildman–Crippen LogP) is 1.65. The van der Waals surface area contributed by atoms with Crippen molar-refractivity contribution in [1.29, 1.82) is 0 Å². The average molecular weight is 170 g/mol. The molecule has 1 N–H and O–H groups in total.